The molecule has 1 heterocycles. The summed E-state index contributed by atoms with van der Waals surface area (Å²) in [5.41, 5.74) is 0.681. The Morgan fingerprint density at radius 2 is 2.00 bits per heavy atom. The van der Waals surface area contributed by atoms with E-state index in [-0.39, 0.29) is 30.2 Å². The Hall–Kier alpha value is -3.10. The van der Waals surface area contributed by atoms with E-state index in [0.717, 1.165) is 25.7 Å². The predicted molar refractivity (Wildman–Crippen MR) is 98.5 cm³/mol. The van der Waals surface area contributed by atoms with Crippen molar-refractivity contribution in [2.45, 2.75) is 25.7 Å². The summed E-state index contributed by atoms with van der Waals surface area (Å²) in [6, 6.07) is 5.29. The second-order valence-electron chi connectivity index (χ2n) is 6.32. The molecule has 9 heteroatoms. The van der Waals surface area contributed by atoms with Gasteiger partial charge in [0, 0.05) is 12.0 Å². The SMILES string of the molecule is COc1ccc(-c2nc(NC(=O)CNC(=O)C3CCCC3)n[nH]2)c(OC)c1. The number of methoxy groups -OCH3 is 2. The van der Waals surface area contributed by atoms with E-state index in [1.54, 1.807) is 32.4 Å². The summed E-state index contributed by atoms with van der Waals surface area (Å²) in [5, 5.41) is 12.0. The first-order valence-electron chi connectivity index (χ1n) is 8.83. The van der Waals surface area contributed by atoms with E-state index in [1.807, 2.05) is 0 Å². The zero-order valence-corrected chi connectivity index (χ0v) is 15.4. The molecule has 1 aromatic heterocycles. The van der Waals surface area contributed by atoms with Gasteiger partial charge in [-0.3, -0.25) is 20.0 Å². The van der Waals surface area contributed by atoms with Crippen molar-refractivity contribution >= 4 is 17.8 Å². The lowest BCUT2D eigenvalue weighted by molar-refractivity contribution is -0.127. The molecule has 144 valence electrons. The molecule has 1 saturated carbocycles. The number of benzene rings is 1. The first-order chi connectivity index (χ1) is 13.1. The van der Waals surface area contributed by atoms with Crippen molar-refractivity contribution in [2.24, 2.45) is 5.92 Å². The van der Waals surface area contributed by atoms with Crippen LogP contribution >= 0.6 is 0 Å². The Bertz CT molecular complexity index is 814. The molecule has 2 aromatic rings. The summed E-state index contributed by atoms with van der Waals surface area (Å²) >= 11 is 0. The molecule has 0 unspecified atom stereocenters. The van der Waals surface area contributed by atoms with Crippen LogP contribution in [0.3, 0.4) is 0 Å². The highest BCUT2D eigenvalue weighted by molar-refractivity contribution is 5.93. The van der Waals surface area contributed by atoms with Crippen LogP contribution in [-0.4, -0.2) is 47.8 Å². The molecule has 0 bridgehead atoms. The molecule has 0 atom stereocenters. The van der Waals surface area contributed by atoms with Crippen LogP contribution in [0.4, 0.5) is 5.95 Å². The quantitative estimate of drug-likeness (QED) is 0.680. The van der Waals surface area contributed by atoms with Crippen molar-refractivity contribution in [1.82, 2.24) is 20.5 Å². The summed E-state index contributed by atoms with van der Waals surface area (Å²) < 4.78 is 10.5. The summed E-state index contributed by atoms with van der Waals surface area (Å²) in [6.07, 6.45) is 3.92. The molecule has 1 fully saturated rings. The van der Waals surface area contributed by atoms with E-state index in [1.165, 1.54) is 0 Å². The van der Waals surface area contributed by atoms with E-state index < -0.39 is 0 Å². The molecule has 0 radical (unpaired) electrons. The fourth-order valence-electron chi connectivity index (χ4n) is 3.10. The molecular weight excluding hydrogens is 350 g/mol. The minimum atomic E-state index is -0.381. The fourth-order valence-corrected chi connectivity index (χ4v) is 3.10. The second-order valence-corrected chi connectivity index (χ2v) is 6.32. The van der Waals surface area contributed by atoms with Gasteiger partial charge in [0.15, 0.2) is 5.82 Å². The first kappa shape index (κ1) is 18.7. The van der Waals surface area contributed by atoms with E-state index in [4.69, 9.17) is 9.47 Å². The molecule has 1 aliphatic carbocycles. The maximum Gasteiger partial charge on any atom is 0.249 e. The molecule has 0 spiro atoms. The Morgan fingerprint density at radius 3 is 2.70 bits per heavy atom. The van der Waals surface area contributed by atoms with Gasteiger partial charge in [0.25, 0.3) is 0 Å². The number of amides is 2. The smallest absolute Gasteiger partial charge is 0.249 e. The highest BCUT2D eigenvalue weighted by Crippen LogP contribution is 2.31. The summed E-state index contributed by atoms with van der Waals surface area (Å²) in [5.74, 6) is 1.36. The molecule has 2 amide bonds. The largest absolute Gasteiger partial charge is 0.497 e. The van der Waals surface area contributed by atoms with Gasteiger partial charge in [-0.1, -0.05) is 12.8 Å². The number of hydrogen-bond donors (Lipinski definition) is 3. The number of nitrogens with one attached hydrogen (secondary N) is 3. The Kier molecular flexibility index (Phi) is 5.90. The molecule has 9 nitrogen and oxygen atoms in total. The number of ether oxygens (including phenoxy) is 2. The number of nitrogens with zero attached hydrogens (tertiary/aromatic N) is 2. The van der Waals surface area contributed by atoms with Crippen LogP contribution in [0.25, 0.3) is 11.4 Å². The average molecular weight is 373 g/mol. The van der Waals surface area contributed by atoms with Gasteiger partial charge < -0.3 is 14.8 Å². The van der Waals surface area contributed by atoms with Gasteiger partial charge in [0.05, 0.1) is 26.3 Å². The Labute approximate surface area is 156 Å². The minimum Gasteiger partial charge on any atom is -0.497 e. The molecule has 0 aliphatic heterocycles. The van der Waals surface area contributed by atoms with Gasteiger partial charge in [-0.25, -0.2) is 0 Å². The lowest BCUT2D eigenvalue weighted by Gasteiger charge is -2.09. The van der Waals surface area contributed by atoms with Crippen LogP contribution in [0.15, 0.2) is 18.2 Å². The van der Waals surface area contributed by atoms with Crippen LogP contribution in [0.1, 0.15) is 25.7 Å². The van der Waals surface area contributed by atoms with Crippen LogP contribution in [0.2, 0.25) is 0 Å². The topological polar surface area (TPSA) is 118 Å². The van der Waals surface area contributed by atoms with Crippen molar-refractivity contribution in [2.75, 3.05) is 26.1 Å². The third kappa shape index (κ3) is 4.55. The number of carbonyl (C=O) groups is 2. The maximum absolute atomic E-state index is 12.0. The van der Waals surface area contributed by atoms with Gasteiger partial charge in [-0.15, -0.1) is 5.10 Å². The summed E-state index contributed by atoms with van der Waals surface area (Å²) in [7, 11) is 3.12. The van der Waals surface area contributed by atoms with Crippen LogP contribution in [0, 0.1) is 5.92 Å². The van der Waals surface area contributed by atoms with Gasteiger partial charge in [0.1, 0.15) is 11.5 Å². The summed E-state index contributed by atoms with van der Waals surface area (Å²) in [4.78, 5) is 28.2. The van der Waals surface area contributed by atoms with Gasteiger partial charge >= 0.3 is 0 Å². The summed E-state index contributed by atoms with van der Waals surface area (Å²) in [6.45, 7) is -0.106. The number of carbonyl (C=O) groups excluding carboxylic acids is 2. The van der Waals surface area contributed by atoms with Gasteiger partial charge in [-0.05, 0) is 25.0 Å². The van der Waals surface area contributed by atoms with E-state index in [9.17, 15) is 9.59 Å². The molecular formula is C18H23N5O4. The fraction of sp³-hybridized carbons (Fsp3) is 0.444. The van der Waals surface area contributed by atoms with Crippen molar-refractivity contribution in [3.63, 3.8) is 0 Å². The number of aromatic nitrogens is 3. The average Bonchev–Trinajstić information content (AvgIpc) is 3.37. The highest BCUT2D eigenvalue weighted by atomic mass is 16.5. The van der Waals surface area contributed by atoms with Gasteiger partial charge in [-0.2, -0.15) is 4.98 Å². The molecule has 27 heavy (non-hydrogen) atoms. The monoisotopic (exact) mass is 373 g/mol. The lowest BCUT2D eigenvalue weighted by atomic mass is 10.1. The molecule has 3 N–H and O–H groups in total. The first-order valence-corrected chi connectivity index (χ1v) is 8.83. The number of H-pyrrole nitrogens is 1. The van der Waals surface area contributed by atoms with Crippen molar-refractivity contribution in [1.29, 1.82) is 0 Å². The molecule has 1 aromatic carbocycles. The van der Waals surface area contributed by atoms with Gasteiger partial charge in [0.2, 0.25) is 17.8 Å². The minimum absolute atomic E-state index is 0.0236. The van der Waals surface area contributed by atoms with Crippen molar-refractivity contribution in [3.8, 4) is 22.9 Å². The molecule has 1 aliphatic rings. The zero-order chi connectivity index (χ0) is 19.2. The predicted octanol–water partition coefficient (Wildman–Crippen LogP) is 1.73. The third-order valence-corrected chi connectivity index (χ3v) is 4.55. The second kappa shape index (κ2) is 8.52. The zero-order valence-electron chi connectivity index (χ0n) is 15.4. The maximum atomic E-state index is 12.0. The standard InChI is InChI=1S/C18H23N5O4/c1-26-12-7-8-13(14(9-12)27-2)16-21-18(23-22-16)20-15(24)10-19-17(25)11-5-3-4-6-11/h7-9,11H,3-6,10H2,1-2H3,(H,19,25)(H2,20,21,22,23,24). The highest BCUT2D eigenvalue weighted by Gasteiger charge is 2.23. The third-order valence-electron chi connectivity index (χ3n) is 4.55. The normalized spacial score (nSPS) is 14.0. The van der Waals surface area contributed by atoms with E-state index in [0.29, 0.717) is 22.9 Å². The van der Waals surface area contributed by atoms with Crippen LogP contribution < -0.4 is 20.1 Å². The number of aromatic amines is 1. The number of rotatable bonds is 7. The van der Waals surface area contributed by atoms with Crippen molar-refractivity contribution < 1.29 is 19.1 Å². The van der Waals surface area contributed by atoms with Crippen LogP contribution in [-0.2, 0) is 9.59 Å². The van der Waals surface area contributed by atoms with E-state index >= 15 is 0 Å². The number of anilines is 1. The Morgan fingerprint density at radius 1 is 1.22 bits per heavy atom. The Balaban J connectivity index is 1.59. The molecule has 0 saturated heterocycles. The molecule has 3 rings (SSSR count). The van der Waals surface area contributed by atoms with Crippen LogP contribution in [0.5, 0.6) is 11.5 Å². The lowest BCUT2D eigenvalue weighted by Crippen LogP contribution is -2.36. The van der Waals surface area contributed by atoms with E-state index in [2.05, 4.69) is 25.8 Å². The van der Waals surface area contributed by atoms with Crippen molar-refractivity contribution in [3.05, 3.63) is 18.2 Å². The number of hydrogen-bond acceptors (Lipinski definition) is 6.